The summed E-state index contributed by atoms with van der Waals surface area (Å²) in [5, 5.41) is 11.7. The van der Waals surface area contributed by atoms with Crippen LogP contribution in [0.3, 0.4) is 0 Å². The molecule has 2 aromatic carbocycles. The lowest BCUT2D eigenvalue weighted by atomic mass is 10.1. The van der Waals surface area contributed by atoms with Crippen LogP contribution in [0.25, 0.3) is 16.9 Å². The molecule has 0 atom stereocenters. The van der Waals surface area contributed by atoms with Gasteiger partial charge in [0.15, 0.2) is 5.82 Å². The van der Waals surface area contributed by atoms with E-state index in [1.807, 2.05) is 47.0 Å². The largest absolute Gasteiger partial charge is 0.284 e. The Kier molecular flexibility index (Phi) is 4.40. The first-order valence-corrected chi connectivity index (χ1v) is 8.52. The zero-order chi connectivity index (χ0) is 18.8. The Morgan fingerprint density at radius 2 is 1.89 bits per heavy atom. The second kappa shape index (κ2) is 7.01. The Bertz CT molecular complexity index is 1180. The molecule has 0 aliphatic heterocycles. The van der Waals surface area contributed by atoms with Crippen LogP contribution in [-0.4, -0.2) is 20.5 Å². The number of fused-ring (bicyclic) bond motifs is 1. The molecular weight excluding hydrogens is 364 g/mol. The van der Waals surface area contributed by atoms with Crippen molar-refractivity contribution in [3.63, 3.8) is 0 Å². The normalized spacial score (nSPS) is 11.3. The molecule has 132 valence electrons. The minimum Gasteiger partial charge on any atom is -0.284 e. The lowest BCUT2D eigenvalue weighted by Gasteiger charge is -2.01. The molecule has 0 amide bonds. The van der Waals surface area contributed by atoms with Gasteiger partial charge in [-0.15, -0.1) is 0 Å². The van der Waals surface area contributed by atoms with Crippen molar-refractivity contribution < 1.29 is 4.92 Å². The first-order valence-electron chi connectivity index (χ1n) is 8.14. The molecule has 0 radical (unpaired) electrons. The maximum absolute atomic E-state index is 11.1. The number of hydrogen-bond donors (Lipinski definition) is 0. The first-order chi connectivity index (χ1) is 13.1. The molecule has 7 heteroatoms. The average Bonchev–Trinajstić information content (AvgIpc) is 3.06. The van der Waals surface area contributed by atoms with Gasteiger partial charge in [0, 0.05) is 40.7 Å². The predicted octanol–water partition coefficient (Wildman–Crippen LogP) is 5.31. The number of non-ortho nitro benzene ring substituents is 1. The van der Waals surface area contributed by atoms with Crippen LogP contribution < -0.4 is 0 Å². The zero-order valence-electron chi connectivity index (χ0n) is 14.0. The Balaban J connectivity index is 1.89. The van der Waals surface area contributed by atoms with Crippen LogP contribution in [0.1, 0.15) is 5.56 Å². The van der Waals surface area contributed by atoms with E-state index in [0.29, 0.717) is 27.7 Å². The smallest absolute Gasteiger partial charge is 0.270 e. The van der Waals surface area contributed by atoms with Crippen LogP contribution in [0.2, 0.25) is 5.02 Å². The van der Waals surface area contributed by atoms with Crippen LogP contribution in [0, 0.1) is 10.1 Å². The molecule has 0 unspecified atom stereocenters. The van der Waals surface area contributed by atoms with Crippen molar-refractivity contribution in [2.24, 2.45) is 4.99 Å². The number of benzene rings is 2. The highest BCUT2D eigenvalue weighted by Crippen LogP contribution is 2.32. The monoisotopic (exact) mass is 376 g/mol. The minimum atomic E-state index is -0.425. The third kappa shape index (κ3) is 3.30. The van der Waals surface area contributed by atoms with Crippen molar-refractivity contribution in [1.29, 1.82) is 0 Å². The predicted molar refractivity (Wildman–Crippen MR) is 106 cm³/mol. The topological polar surface area (TPSA) is 72.8 Å². The molecule has 4 rings (SSSR count). The van der Waals surface area contributed by atoms with Crippen molar-refractivity contribution in [2.45, 2.75) is 0 Å². The molecule has 27 heavy (non-hydrogen) atoms. The Hall–Kier alpha value is -3.51. The molecule has 0 spiro atoms. The standard InChI is InChI=1S/C20H13ClN4O2/c21-17-9-2-1-6-15(17)13-22-20-19(23-18-10-3-4-11-24(18)20)14-7-5-8-16(12-14)25(26)27/h1-13H/b22-13+. The van der Waals surface area contributed by atoms with E-state index in [2.05, 4.69) is 9.98 Å². The van der Waals surface area contributed by atoms with Crippen LogP contribution in [0.4, 0.5) is 11.5 Å². The minimum absolute atomic E-state index is 0.00518. The third-order valence-corrected chi connectivity index (χ3v) is 4.41. The van der Waals surface area contributed by atoms with Crippen molar-refractivity contribution >= 4 is 35.0 Å². The molecule has 0 N–H and O–H groups in total. The van der Waals surface area contributed by atoms with E-state index >= 15 is 0 Å². The van der Waals surface area contributed by atoms with E-state index in [0.717, 1.165) is 5.56 Å². The van der Waals surface area contributed by atoms with E-state index in [4.69, 9.17) is 11.6 Å². The Labute approximate surface area is 159 Å². The fraction of sp³-hybridized carbons (Fsp3) is 0. The summed E-state index contributed by atoms with van der Waals surface area (Å²) in [7, 11) is 0. The molecule has 0 aliphatic rings. The summed E-state index contributed by atoms with van der Waals surface area (Å²) in [6, 6.07) is 19.4. The number of nitro benzene ring substituents is 1. The second-order valence-corrected chi connectivity index (χ2v) is 6.21. The Morgan fingerprint density at radius 3 is 2.70 bits per heavy atom. The average molecular weight is 377 g/mol. The number of nitrogens with zero attached hydrogens (tertiary/aromatic N) is 4. The van der Waals surface area contributed by atoms with E-state index in [1.165, 1.54) is 12.1 Å². The van der Waals surface area contributed by atoms with E-state index < -0.39 is 4.92 Å². The van der Waals surface area contributed by atoms with Gasteiger partial charge in [0.2, 0.25) is 0 Å². The molecule has 0 saturated heterocycles. The number of halogens is 1. The molecule has 0 aliphatic carbocycles. The number of pyridine rings is 1. The van der Waals surface area contributed by atoms with Gasteiger partial charge in [0.1, 0.15) is 11.3 Å². The van der Waals surface area contributed by atoms with Gasteiger partial charge >= 0.3 is 0 Å². The quantitative estimate of drug-likeness (QED) is 0.275. The van der Waals surface area contributed by atoms with Gasteiger partial charge in [-0.3, -0.25) is 14.5 Å². The highest BCUT2D eigenvalue weighted by molar-refractivity contribution is 6.33. The fourth-order valence-corrected chi connectivity index (χ4v) is 2.96. The molecule has 0 fully saturated rings. The SMILES string of the molecule is O=[N+]([O-])c1cccc(-c2nc3ccccn3c2/N=C/c2ccccc2Cl)c1. The van der Waals surface area contributed by atoms with E-state index in [-0.39, 0.29) is 5.69 Å². The van der Waals surface area contributed by atoms with Gasteiger partial charge in [-0.2, -0.15) is 0 Å². The van der Waals surface area contributed by atoms with E-state index in [1.54, 1.807) is 24.4 Å². The Morgan fingerprint density at radius 1 is 1.07 bits per heavy atom. The highest BCUT2D eigenvalue weighted by atomic mass is 35.5. The van der Waals surface area contributed by atoms with Gasteiger partial charge in [0.25, 0.3) is 5.69 Å². The number of nitro groups is 1. The highest BCUT2D eigenvalue weighted by Gasteiger charge is 2.15. The molecule has 2 aromatic heterocycles. The number of aliphatic imine (C=N–C) groups is 1. The molecular formula is C20H13ClN4O2. The molecule has 0 bridgehead atoms. The molecule has 4 aromatic rings. The van der Waals surface area contributed by atoms with Crippen LogP contribution in [0.15, 0.2) is 77.9 Å². The summed E-state index contributed by atoms with van der Waals surface area (Å²) < 4.78 is 1.83. The van der Waals surface area contributed by atoms with Crippen molar-refractivity contribution in [3.8, 4) is 11.3 Å². The van der Waals surface area contributed by atoms with Crippen molar-refractivity contribution in [3.05, 3.63) is 93.6 Å². The van der Waals surface area contributed by atoms with Gasteiger partial charge in [0.05, 0.1) is 4.92 Å². The maximum atomic E-state index is 11.1. The zero-order valence-corrected chi connectivity index (χ0v) is 14.7. The second-order valence-electron chi connectivity index (χ2n) is 5.80. The van der Waals surface area contributed by atoms with Gasteiger partial charge < -0.3 is 0 Å². The van der Waals surface area contributed by atoms with Crippen molar-refractivity contribution in [1.82, 2.24) is 9.38 Å². The van der Waals surface area contributed by atoms with Gasteiger partial charge in [-0.25, -0.2) is 9.98 Å². The number of imidazole rings is 1. The lowest BCUT2D eigenvalue weighted by molar-refractivity contribution is -0.384. The van der Waals surface area contributed by atoms with Crippen LogP contribution in [-0.2, 0) is 0 Å². The number of aromatic nitrogens is 2. The van der Waals surface area contributed by atoms with Gasteiger partial charge in [-0.1, -0.05) is 48.0 Å². The number of rotatable bonds is 4. The summed E-state index contributed by atoms with van der Waals surface area (Å²) in [5.74, 6) is 0.575. The summed E-state index contributed by atoms with van der Waals surface area (Å²) in [4.78, 5) is 19.9. The molecule has 6 nitrogen and oxygen atoms in total. The van der Waals surface area contributed by atoms with E-state index in [9.17, 15) is 10.1 Å². The summed E-state index contributed by atoms with van der Waals surface area (Å²) in [6.07, 6.45) is 3.52. The maximum Gasteiger partial charge on any atom is 0.270 e. The van der Waals surface area contributed by atoms with Crippen LogP contribution in [0.5, 0.6) is 0 Å². The number of hydrogen-bond acceptors (Lipinski definition) is 4. The first kappa shape index (κ1) is 16.9. The summed E-state index contributed by atoms with van der Waals surface area (Å²) in [6.45, 7) is 0. The van der Waals surface area contributed by atoms with Crippen LogP contribution >= 0.6 is 11.6 Å². The summed E-state index contributed by atoms with van der Waals surface area (Å²) in [5.41, 5.74) is 2.67. The summed E-state index contributed by atoms with van der Waals surface area (Å²) >= 11 is 6.21. The van der Waals surface area contributed by atoms with Gasteiger partial charge in [-0.05, 0) is 18.2 Å². The lowest BCUT2D eigenvalue weighted by Crippen LogP contribution is -1.89. The molecule has 0 saturated carbocycles. The third-order valence-electron chi connectivity index (χ3n) is 4.07. The molecule has 2 heterocycles. The fourth-order valence-electron chi connectivity index (χ4n) is 2.78. The van der Waals surface area contributed by atoms with Crippen molar-refractivity contribution in [2.75, 3.05) is 0 Å².